The highest BCUT2D eigenvalue weighted by Gasteiger charge is 2.06. The Hall–Kier alpha value is -2.57. The molecule has 0 aromatic heterocycles. The van der Waals surface area contributed by atoms with Gasteiger partial charge in [-0.05, 0) is 36.8 Å². The summed E-state index contributed by atoms with van der Waals surface area (Å²) in [5.74, 6) is 5.75. The number of aliphatic hydroxyl groups excluding tert-OH is 1. The predicted octanol–water partition coefficient (Wildman–Crippen LogP) is 2.98. The van der Waals surface area contributed by atoms with Gasteiger partial charge in [0, 0.05) is 23.2 Å². The van der Waals surface area contributed by atoms with Crippen LogP contribution in [0, 0.1) is 18.8 Å². The van der Waals surface area contributed by atoms with E-state index in [2.05, 4.69) is 17.2 Å². The lowest BCUT2D eigenvalue weighted by Gasteiger charge is -2.07. The zero-order chi connectivity index (χ0) is 15.1. The average molecular weight is 279 g/mol. The molecule has 106 valence electrons. The highest BCUT2D eigenvalue weighted by atomic mass is 16.2. The van der Waals surface area contributed by atoms with E-state index < -0.39 is 0 Å². The van der Waals surface area contributed by atoms with Gasteiger partial charge in [0.25, 0.3) is 5.91 Å². The fraction of sp³-hybridized carbons (Fsp3) is 0.167. The van der Waals surface area contributed by atoms with E-state index in [9.17, 15) is 4.79 Å². The van der Waals surface area contributed by atoms with Gasteiger partial charge in [-0.25, -0.2) is 0 Å². The number of rotatable bonds is 3. The summed E-state index contributed by atoms with van der Waals surface area (Å²) in [5, 5.41) is 11.6. The van der Waals surface area contributed by atoms with Gasteiger partial charge in [0.15, 0.2) is 0 Å². The van der Waals surface area contributed by atoms with Gasteiger partial charge < -0.3 is 10.4 Å². The van der Waals surface area contributed by atoms with Gasteiger partial charge in [-0.3, -0.25) is 4.79 Å². The van der Waals surface area contributed by atoms with Crippen molar-refractivity contribution >= 4 is 11.6 Å². The molecule has 2 N–H and O–H groups in total. The van der Waals surface area contributed by atoms with Crippen molar-refractivity contribution in [2.45, 2.75) is 13.3 Å². The second-order valence-electron chi connectivity index (χ2n) is 4.63. The van der Waals surface area contributed by atoms with Gasteiger partial charge in [0.1, 0.15) is 0 Å². The van der Waals surface area contributed by atoms with E-state index >= 15 is 0 Å². The molecule has 0 aliphatic carbocycles. The molecule has 0 saturated carbocycles. The van der Waals surface area contributed by atoms with Crippen LogP contribution in [0.25, 0.3) is 0 Å². The minimum Gasteiger partial charge on any atom is -0.395 e. The molecular formula is C18H17NO2. The number of hydrogen-bond acceptors (Lipinski definition) is 2. The summed E-state index contributed by atoms with van der Waals surface area (Å²) in [5.41, 5.74) is 3.22. The van der Waals surface area contributed by atoms with E-state index in [0.717, 1.165) is 11.1 Å². The van der Waals surface area contributed by atoms with Gasteiger partial charge in [0.2, 0.25) is 0 Å². The summed E-state index contributed by atoms with van der Waals surface area (Å²) in [7, 11) is 0. The lowest BCUT2D eigenvalue weighted by Crippen LogP contribution is -2.11. The van der Waals surface area contributed by atoms with Crippen molar-refractivity contribution in [2.24, 2.45) is 0 Å². The van der Waals surface area contributed by atoms with Crippen LogP contribution in [-0.2, 0) is 0 Å². The van der Waals surface area contributed by atoms with Crippen LogP contribution in [-0.4, -0.2) is 17.6 Å². The van der Waals surface area contributed by atoms with Crippen molar-refractivity contribution in [1.82, 2.24) is 0 Å². The molecular weight excluding hydrogens is 262 g/mol. The number of nitrogens with one attached hydrogen (secondary N) is 1. The van der Waals surface area contributed by atoms with Gasteiger partial charge >= 0.3 is 0 Å². The highest BCUT2D eigenvalue weighted by Crippen LogP contribution is 2.15. The lowest BCUT2D eigenvalue weighted by atomic mass is 10.1. The highest BCUT2D eigenvalue weighted by molar-refractivity contribution is 6.04. The Morgan fingerprint density at radius 2 is 1.95 bits per heavy atom. The lowest BCUT2D eigenvalue weighted by molar-refractivity contribution is 0.102. The monoisotopic (exact) mass is 279 g/mol. The van der Waals surface area contributed by atoms with Crippen LogP contribution < -0.4 is 5.32 Å². The summed E-state index contributed by atoms with van der Waals surface area (Å²) >= 11 is 0. The Morgan fingerprint density at radius 1 is 1.19 bits per heavy atom. The maximum Gasteiger partial charge on any atom is 0.255 e. The van der Waals surface area contributed by atoms with Crippen molar-refractivity contribution in [1.29, 1.82) is 0 Å². The van der Waals surface area contributed by atoms with Gasteiger partial charge in [-0.15, -0.1) is 0 Å². The molecule has 0 aliphatic heterocycles. The Balaban J connectivity index is 2.16. The molecule has 0 aliphatic rings. The molecule has 21 heavy (non-hydrogen) atoms. The van der Waals surface area contributed by atoms with Crippen LogP contribution in [0.5, 0.6) is 0 Å². The maximum atomic E-state index is 12.1. The Bertz CT molecular complexity index is 681. The third kappa shape index (κ3) is 4.20. The number of aliphatic hydroxyl groups is 1. The largest absolute Gasteiger partial charge is 0.395 e. The molecule has 0 unspecified atom stereocenters. The molecule has 0 radical (unpaired) electrons. The molecule has 3 heteroatoms. The number of anilines is 1. The number of aryl methyl sites for hydroxylation is 1. The van der Waals surface area contributed by atoms with Crippen LogP contribution >= 0.6 is 0 Å². The topological polar surface area (TPSA) is 49.3 Å². The SMILES string of the molecule is Cc1ccc(NC(=O)c2ccccc2)cc1C#CCCO. The number of hydrogen-bond donors (Lipinski definition) is 2. The standard InChI is InChI=1S/C18H17NO2/c1-14-10-11-17(13-16(14)9-5-6-12-20)19-18(21)15-7-3-2-4-8-15/h2-4,7-8,10-11,13,20H,6,12H2,1H3,(H,19,21). The van der Waals surface area contributed by atoms with E-state index in [-0.39, 0.29) is 12.5 Å². The number of carbonyl (C=O) groups excluding carboxylic acids is 1. The molecule has 0 saturated heterocycles. The molecule has 0 heterocycles. The number of amides is 1. The quantitative estimate of drug-likeness (QED) is 0.849. The smallest absolute Gasteiger partial charge is 0.255 e. The molecule has 2 aromatic rings. The molecule has 0 fully saturated rings. The van der Waals surface area contributed by atoms with Crippen molar-refractivity contribution in [2.75, 3.05) is 11.9 Å². The van der Waals surface area contributed by atoms with Crippen molar-refractivity contribution in [3.63, 3.8) is 0 Å². The summed E-state index contributed by atoms with van der Waals surface area (Å²) in [6.07, 6.45) is 0.444. The van der Waals surface area contributed by atoms with Crippen LogP contribution in [0.3, 0.4) is 0 Å². The van der Waals surface area contributed by atoms with E-state index in [1.165, 1.54) is 0 Å². The van der Waals surface area contributed by atoms with E-state index in [0.29, 0.717) is 17.7 Å². The fourth-order valence-corrected chi connectivity index (χ4v) is 1.84. The Morgan fingerprint density at radius 3 is 2.67 bits per heavy atom. The molecule has 2 rings (SSSR count). The van der Waals surface area contributed by atoms with Gasteiger partial charge in [-0.2, -0.15) is 0 Å². The first-order valence-electron chi connectivity index (χ1n) is 6.77. The van der Waals surface area contributed by atoms with E-state index in [4.69, 9.17) is 5.11 Å². The fourth-order valence-electron chi connectivity index (χ4n) is 1.84. The zero-order valence-corrected chi connectivity index (χ0v) is 11.9. The van der Waals surface area contributed by atoms with Gasteiger partial charge in [0.05, 0.1) is 6.61 Å². The number of carbonyl (C=O) groups is 1. The molecule has 3 nitrogen and oxygen atoms in total. The van der Waals surface area contributed by atoms with Crippen molar-refractivity contribution in [3.8, 4) is 11.8 Å². The van der Waals surface area contributed by atoms with E-state index in [1.54, 1.807) is 12.1 Å². The molecule has 0 atom stereocenters. The maximum absolute atomic E-state index is 12.1. The third-order valence-corrected chi connectivity index (χ3v) is 2.99. The average Bonchev–Trinajstić information content (AvgIpc) is 2.51. The second-order valence-corrected chi connectivity index (χ2v) is 4.63. The predicted molar refractivity (Wildman–Crippen MR) is 84.2 cm³/mol. The van der Waals surface area contributed by atoms with Crippen LogP contribution in [0.15, 0.2) is 48.5 Å². The van der Waals surface area contributed by atoms with Crippen LogP contribution in [0.2, 0.25) is 0 Å². The zero-order valence-electron chi connectivity index (χ0n) is 11.9. The second kappa shape index (κ2) is 7.28. The van der Waals surface area contributed by atoms with Crippen molar-refractivity contribution in [3.05, 3.63) is 65.2 Å². The Kier molecular flexibility index (Phi) is 5.14. The molecule has 2 aromatic carbocycles. The minimum atomic E-state index is -0.145. The molecule has 1 amide bonds. The summed E-state index contributed by atoms with van der Waals surface area (Å²) in [4.78, 5) is 12.1. The van der Waals surface area contributed by atoms with Crippen LogP contribution in [0.4, 0.5) is 5.69 Å². The normalized spacial score (nSPS) is 9.62. The number of benzene rings is 2. The van der Waals surface area contributed by atoms with Crippen molar-refractivity contribution < 1.29 is 9.90 Å². The van der Waals surface area contributed by atoms with E-state index in [1.807, 2.05) is 43.3 Å². The first-order chi connectivity index (χ1) is 10.2. The molecule has 0 bridgehead atoms. The molecule has 0 spiro atoms. The Labute approximate surface area is 124 Å². The van der Waals surface area contributed by atoms with Crippen LogP contribution in [0.1, 0.15) is 27.9 Å². The summed E-state index contributed by atoms with van der Waals surface area (Å²) < 4.78 is 0. The first kappa shape index (κ1) is 14.8. The summed E-state index contributed by atoms with van der Waals surface area (Å²) in [6.45, 7) is 2.02. The first-order valence-corrected chi connectivity index (χ1v) is 6.77. The van der Waals surface area contributed by atoms with Gasteiger partial charge in [-0.1, -0.05) is 36.1 Å². The summed E-state index contributed by atoms with van der Waals surface area (Å²) in [6, 6.07) is 14.7. The minimum absolute atomic E-state index is 0.0521. The third-order valence-electron chi connectivity index (χ3n) is 2.99.